The van der Waals surface area contributed by atoms with Crippen molar-refractivity contribution in [2.45, 2.75) is 6.92 Å². The molecule has 1 aromatic heterocycles. The summed E-state index contributed by atoms with van der Waals surface area (Å²) in [5.74, 6) is -1.43. The maximum atomic E-state index is 11.8. The number of carbonyl (C=O) groups excluding carboxylic acids is 1. The highest BCUT2D eigenvalue weighted by molar-refractivity contribution is 6.03. The number of aromatic carboxylic acids is 1. The van der Waals surface area contributed by atoms with Crippen LogP contribution in [0.25, 0.3) is 0 Å². The van der Waals surface area contributed by atoms with E-state index in [0.29, 0.717) is 5.69 Å². The highest BCUT2D eigenvalue weighted by Crippen LogP contribution is 2.12. The zero-order valence-corrected chi connectivity index (χ0v) is 9.60. The average Bonchev–Trinajstić information content (AvgIpc) is 2.76. The number of aromatic amines is 1. The Morgan fingerprint density at radius 3 is 2.72 bits per heavy atom. The van der Waals surface area contributed by atoms with Crippen molar-refractivity contribution >= 4 is 17.6 Å². The number of nitrogens with one attached hydrogen (secondary N) is 2. The lowest BCUT2D eigenvalue weighted by molar-refractivity contribution is 0.0696. The highest BCUT2D eigenvalue weighted by atomic mass is 16.4. The van der Waals surface area contributed by atoms with Crippen molar-refractivity contribution in [3.05, 3.63) is 47.3 Å². The van der Waals surface area contributed by atoms with Crippen LogP contribution >= 0.6 is 0 Å². The summed E-state index contributed by atoms with van der Waals surface area (Å²) in [6, 6.07) is 7.63. The van der Waals surface area contributed by atoms with Gasteiger partial charge in [-0.3, -0.25) is 9.89 Å². The fraction of sp³-hybridized carbons (Fsp3) is 0.0833. The number of rotatable bonds is 3. The molecule has 1 heterocycles. The van der Waals surface area contributed by atoms with Crippen LogP contribution in [0.5, 0.6) is 0 Å². The zero-order chi connectivity index (χ0) is 13.1. The van der Waals surface area contributed by atoms with Crippen LogP contribution in [0.1, 0.15) is 26.5 Å². The molecule has 18 heavy (non-hydrogen) atoms. The summed E-state index contributed by atoms with van der Waals surface area (Å²) >= 11 is 0. The van der Waals surface area contributed by atoms with Gasteiger partial charge in [-0.15, -0.1) is 0 Å². The number of benzene rings is 1. The molecule has 1 aromatic carbocycles. The Bertz CT molecular complexity index is 604. The Kier molecular flexibility index (Phi) is 3.09. The molecule has 3 N–H and O–H groups in total. The van der Waals surface area contributed by atoms with E-state index in [1.54, 1.807) is 25.1 Å². The van der Waals surface area contributed by atoms with Crippen LogP contribution in [0.4, 0.5) is 5.69 Å². The molecule has 2 rings (SSSR count). The normalized spacial score (nSPS) is 10.1. The summed E-state index contributed by atoms with van der Waals surface area (Å²) in [5.41, 5.74) is 1.57. The lowest BCUT2D eigenvalue weighted by atomic mass is 10.2. The number of hydrogen-bond donors (Lipinski definition) is 3. The summed E-state index contributed by atoms with van der Waals surface area (Å²) in [7, 11) is 0. The Labute approximate surface area is 103 Å². The predicted octanol–water partition coefficient (Wildman–Crippen LogP) is 1.67. The number of nitrogens with zero attached hydrogens (tertiary/aromatic N) is 1. The van der Waals surface area contributed by atoms with Crippen molar-refractivity contribution in [1.29, 1.82) is 0 Å². The quantitative estimate of drug-likeness (QED) is 0.766. The first-order valence-electron chi connectivity index (χ1n) is 5.23. The summed E-state index contributed by atoms with van der Waals surface area (Å²) in [4.78, 5) is 22.5. The van der Waals surface area contributed by atoms with Gasteiger partial charge in [0, 0.05) is 11.4 Å². The van der Waals surface area contributed by atoms with E-state index in [0.717, 1.165) is 5.69 Å². The Hall–Kier alpha value is -2.63. The molecule has 6 nitrogen and oxygen atoms in total. The molecule has 0 aliphatic carbocycles. The molecule has 0 atom stereocenters. The van der Waals surface area contributed by atoms with E-state index in [2.05, 4.69) is 15.5 Å². The third-order valence-corrected chi connectivity index (χ3v) is 2.31. The van der Waals surface area contributed by atoms with Gasteiger partial charge in [0.1, 0.15) is 0 Å². The van der Waals surface area contributed by atoms with Gasteiger partial charge in [0.25, 0.3) is 5.91 Å². The van der Waals surface area contributed by atoms with Crippen LogP contribution in [0.15, 0.2) is 30.3 Å². The van der Waals surface area contributed by atoms with Gasteiger partial charge in [-0.25, -0.2) is 4.79 Å². The molecule has 2 aromatic rings. The number of aromatic nitrogens is 2. The van der Waals surface area contributed by atoms with Crippen molar-refractivity contribution in [2.75, 3.05) is 5.32 Å². The van der Waals surface area contributed by atoms with Gasteiger partial charge in [-0.2, -0.15) is 5.10 Å². The second kappa shape index (κ2) is 4.70. The van der Waals surface area contributed by atoms with Gasteiger partial charge in [-0.05, 0) is 31.2 Å². The highest BCUT2D eigenvalue weighted by Gasteiger charge is 2.10. The van der Waals surface area contributed by atoms with E-state index in [-0.39, 0.29) is 17.2 Å². The van der Waals surface area contributed by atoms with Gasteiger partial charge < -0.3 is 10.4 Å². The third-order valence-electron chi connectivity index (χ3n) is 2.31. The molecule has 6 heteroatoms. The van der Waals surface area contributed by atoms with Crippen LogP contribution in [0, 0.1) is 6.92 Å². The molecule has 0 aliphatic heterocycles. The number of carboxylic acids is 1. The van der Waals surface area contributed by atoms with Gasteiger partial charge in [-0.1, -0.05) is 6.07 Å². The molecule has 92 valence electrons. The smallest absolute Gasteiger partial charge is 0.335 e. The minimum absolute atomic E-state index is 0.117. The number of carbonyl (C=O) groups is 2. The first kappa shape index (κ1) is 11.8. The lowest BCUT2D eigenvalue weighted by Crippen LogP contribution is -2.12. The number of hydrogen-bond acceptors (Lipinski definition) is 3. The SMILES string of the molecule is Cc1cc(C(=O)Nc2cccc(C(=O)O)c2)n[nH]1. The molecule has 0 saturated carbocycles. The monoisotopic (exact) mass is 245 g/mol. The maximum Gasteiger partial charge on any atom is 0.335 e. The topological polar surface area (TPSA) is 95.1 Å². The van der Waals surface area contributed by atoms with Crippen LogP contribution in [0.3, 0.4) is 0 Å². The van der Waals surface area contributed by atoms with Gasteiger partial charge >= 0.3 is 5.97 Å². The van der Waals surface area contributed by atoms with Gasteiger partial charge in [0.2, 0.25) is 0 Å². The number of anilines is 1. The lowest BCUT2D eigenvalue weighted by Gasteiger charge is -2.03. The van der Waals surface area contributed by atoms with Crippen molar-refractivity contribution in [2.24, 2.45) is 0 Å². The minimum Gasteiger partial charge on any atom is -0.478 e. The Morgan fingerprint density at radius 1 is 1.33 bits per heavy atom. The molecular weight excluding hydrogens is 234 g/mol. The number of aryl methyl sites for hydroxylation is 1. The van der Waals surface area contributed by atoms with E-state index in [9.17, 15) is 9.59 Å². The second-order valence-electron chi connectivity index (χ2n) is 3.78. The predicted molar refractivity (Wildman–Crippen MR) is 64.7 cm³/mol. The molecule has 0 spiro atoms. The van der Waals surface area contributed by atoms with Crippen LogP contribution in [-0.4, -0.2) is 27.2 Å². The van der Waals surface area contributed by atoms with Crippen LogP contribution < -0.4 is 5.32 Å². The molecule has 0 bridgehead atoms. The van der Waals surface area contributed by atoms with Crippen molar-refractivity contribution in [3.63, 3.8) is 0 Å². The van der Waals surface area contributed by atoms with Crippen LogP contribution in [0.2, 0.25) is 0 Å². The molecule has 0 saturated heterocycles. The summed E-state index contributed by atoms with van der Waals surface area (Å²) in [6.07, 6.45) is 0. The number of H-pyrrole nitrogens is 1. The fourth-order valence-corrected chi connectivity index (χ4v) is 1.46. The van der Waals surface area contributed by atoms with E-state index in [1.807, 2.05) is 0 Å². The van der Waals surface area contributed by atoms with Crippen LogP contribution in [-0.2, 0) is 0 Å². The van der Waals surface area contributed by atoms with Crippen molar-refractivity contribution in [3.8, 4) is 0 Å². The largest absolute Gasteiger partial charge is 0.478 e. The minimum atomic E-state index is -1.04. The number of carboxylic acid groups (broad SMARTS) is 1. The Morgan fingerprint density at radius 2 is 2.11 bits per heavy atom. The second-order valence-corrected chi connectivity index (χ2v) is 3.78. The van der Waals surface area contributed by atoms with Crippen molar-refractivity contribution < 1.29 is 14.7 Å². The fourth-order valence-electron chi connectivity index (χ4n) is 1.46. The van der Waals surface area contributed by atoms with E-state index < -0.39 is 5.97 Å². The molecular formula is C12H11N3O3. The van der Waals surface area contributed by atoms with Gasteiger partial charge in [0.05, 0.1) is 5.56 Å². The molecule has 0 fully saturated rings. The standard InChI is InChI=1S/C12H11N3O3/c1-7-5-10(15-14-7)11(16)13-9-4-2-3-8(6-9)12(17)18/h2-6H,1H3,(H,13,16)(H,14,15)(H,17,18). The molecule has 0 unspecified atom stereocenters. The zero-order valence-electron chi connectivity index (χ0n) is 9.60. The number of amides is 1. The van der Waals surface area contributed by atoms with Crippen molar-refractivity contribution in [1.82, 2.24) is 10.2 Å². The van der Waals surface area contributed by atoms with E-state index in [1.165, 1.54) is 12.1 Å². The van der Waals surface area contributed by atoms with E-state index in [4.69, 9.17) is 5.11 Å². The molecule has 1 amide bonds. The van der Waals surface area contributed by atoms with Gasteiger partial charge in [0.15, 0.2) is 5.69 Å². The summed E-state index contributed by atoms with van der Waals surface area (Å²) in [6.45, 7) is 1.79. The molecule has 0 radical (unpaired) electrons. The summed E-state index contributed by atoms with van der Waals surface area (Å²) < 4.78 is 0. The summed E-state index contributed by atoms with van der Waals surface area (Å²) in [5, 5.41) is 17.9. The average molecular weight is 245 g/mol. The molecule has 0 aliphatic rings. The maximum absolute atomic E-state index is 11.8. The Balaban J connectivity index is 2.16. The third kappa shape index (κ3) is 2.54. The first-order chi connectivity index (χ1) is 8.56. The first-order valence-corrected chi connectivity index (χ1v) is 5.23. The van der Waals surface area contributed by atoms with E-state index >= 15 is 0 Å².